The fourth-order valence-electron chi connectivity index (χ4n) is 1.91. The Balaban J connectivity index is 1.66. The van der Waals surface area contributed by atoms with Crippen LogP contribution in [0.15, 0.2) is 51.7 Å². The van der Waals surface area contributed by atoms with Crippen molar-refractivity contribution in [2.45, 2.75) is 6.54 Å². The number of hydrogen-bond acceptors (Lipinski definition) is 6. The number of nitro groups is 1. The molecule has 0 saturated heterocycles. The third kappa shape index (κ3) is 3.66. The van der Waals surface area contributed by atoms with Gasteiger partial charge in [-0.3, -0.25) is 19.6 Å². The van der Waals surface area contributed by atoms with Crippen molar-refractivity contribution in [2.24, 2.45) is 0 Å². The Morgan fingerprint density at radius 3 is 2.83 bits per heavy atom. The number of hydrogen-bond donors (Lipinski definition) is 1. The first-order valence-electron chi connectivity index (χ1n) is 6.70. The minimum atomic E-state index is -0.532. The minimum Gasteiger partial charge on any atom is -0.454 e. The van der Waals surface area contributed by atoms with Crippen molar-refractivity contribution < 1.29 is 14.1 Å². The maximum atomic E-state index is 12.1. The number of nitrogens with zero attached hydrogens (tertiary/aromatic N) is 4. The second kappa shape index (κ2) is 6.62. The highest BCUT2D eigenvalue weighted by Gasteiger charge is 2.14. The van der Waals surface area contributed by atoms with Crippen molar-refractivity contribution in [2.75, 3.05) is 5.32 Å². The van der Waals surface area contributed by atoms with Gasteiger partial charge >= 0.3 is 5.69 Å². The van der Waals surface area contributed by atoms with Crippen LogP contribution in [0, 0.1) is 10.1 Å². The van der Waals surface area contributed by atoms with Crippen LogP contribution in [-0.4, -0.2) is 25.6 Å². The maximum absolute atomic E-state index is 12.1. The monoisotopic (exact) mass is 391 g/mol. The number of furan rings is 1. The molecule has 0 spiro atoms. The quantitative estimate of drug-likeness (QED) is 0.527. The maximum Gasteiger partial charge on any atom is 0.307 e. The Hall–Kier alpha value is -3.01. The van der Waals surface area contributed by atoms with Gasteiger partial charge in [0, 0.05) is 10.7 Å². The van der Waals surface area contributed by atoms with Crippen LogP contribution < -0.4 is 5.32 Å². The number of nitrogens with one attached hydrogen (secondary N) is 1. The highest BCUT2D eigenvalue weighted by atomic mass is 79.9. The highest BCUT2D eigenvalue weighted by molar-refractivity contribution is 9.10. The second-order valence-electron chi connectivity index (χ2n) is 4.73. The normalized spacial score (nSPS) is 10.5. The minimum absolute atomic E-state index is 0.108. The zero-order valence-corrected chi connectivity index (χ0v) is 13.6. The Kier molecular flexibility index (Phi) is 4.38. The van der Waals surface area contributed by atoms with E-state index in [-0.39, 0.29) is 18.0 Å². The van der Waals surface area contributed by atoms with Crippen LogP contribution in [0.1, 0.15) is 16.3 Å². The van der Waals surface area contributed by atoms with E-state index in [2.05, 4.69) is 31.3 Å². The van der Waals surface area contributed by atoms with Crippen LogP contribution in [0.2, 0.25) is 0 Å². The smallest absolute Gasteiger partial charge is 0.307 e. The lowest BCUT2D eigenvalue weighted by molar-refractivity contribution is -0.385. The van der Waals surface area contributed by atoms with Crippen molar-refractivity contribution in [3.63, 3.8) is 0 Å². The highest BCUT2D eigenvalue weighted by Crippen LogP contribution is 2.15. The molecule has 0 unspecified atom stereocenters. The van der Waals surface area contributed by atoms with Crippen molar-refractivity contribution >= 4 is 33.3 Å². The van der Waals surface area contributed by atoms with E-state index in [4.69, 9.17) is 4.42 Å². The summed E-state index contributed by atoms with van der Waals surface area (Å²) >= 11 is 3.26. The average Bonchev–Trinajstić information content (AvgIpc) is 3.19. The first-order chi connectivity index (χ1) is 11.5. The summed E-state index contributed by atoms with van der Waals surface area (Å²) in [5, 5.41) is 17.1. The molecule has 0 aliphatic rings. The fraction of sp³-hybridized carbons (Fsp3) is 0.0714. The standard InChI is InChI=1S/C14H10BrN5O4/c15-9-1-4-13(16-5-9)18-14(21)12-3-2-11(24-12)8-19-7-10(6-17-19)20(22)23/h1-7H,8H2,(H,16,18,21). The Labute approximate surface area is 143 Å². The number of halogens is 1. The molecule has 10 heteroatoms. The van der Waals surface area contributed by atoms with Crippen LogP contribution in [0.3, 0.4) is 0 Å². The van der Waals surface area contributed by atoms with Crippen LogP contribution >= 0.6 is 15.9 Å². The summed E-state index contributed by atoms with van der Waals surface area (Å²) < 4.78 is 7.59. The molecule has 0 aromatic carbocycles. The van der Waals surface area contributed by atoms with E-state index >= 15 is 0 Å². The summed E-state index contributed by atoms with van der Waals surface area (Å²) in [5.74, 6) is 0.504. The summed E-state index contributed by atoms with van der Waals surface area (Å²) in [5.41, 5.74) is -0.110. The lowest BCUT2D eigenvalue weighted by Crippen LogP contribution is -2.11. The number of pyridine rings is 1. The van der Waals surface area contributed by atoms with Gasteiger partial charge < -0.3 is 9.73 Å². The van der Waals surface area contributed by atoms with Gasteiger partial charge in [0.15, 0.2) is 5.76 Å². The van der Waals surface area contributed by atoms with Crippen LogP contribution in [-0.2, 0) is 6.54 Å². The zero-order valence-electron chi connectivity index (χ0n) is 12.0. The van der Waals surface area contributed by atoms with Gasteiger partial charge in [0.1, 0.15) is 24.0 Å². The van der Waals surface area contributed by atoms with Gasteiger partial charge in [-0.25, -0.2) is 4.98 Å². The van der Waals surface area contributed by atoms with E-state index in [1.54, 1.807) is 24.4 Å². The van der Waals surface area contributed by atoms with Gasteiger partial charge in [-0.15, -0.1) is 0 Å². The number of carbonyl (C=O) groups is 1. The SMILES string of the molecule is O=C(Nc1ccc(Br)cn1)c1ccc(Cn2cc([N+](=O)[O-])cn2)o1. The summed E-state index contributed by atoms with van der Waals surface area (Å²) in [6.07, 6.45) is 4.00. The van der Waals surface area contributed by atoms with Gasteiger partial charge in [0.25, 0.3) is 5.91 Å². The van der Waals surface area contributed by atoms with E-state index in [1.165, 1.54) is 16.9 Å². The van der Waals surface area contributed by atoms with Gasteiger partial charge in [0.2, 0.25) is 0 Å². The molecule has 3 aromatic rings. The summed E-state index contributed by atoms with van der Waals surface area (Å²) in [4.78, 5) is 26.2. The summed E-state index contributed by atoms with van der Waals surface area (Å²) in [7, 11) is 0. The predicted octanol–water partition coefficient (Wildman–Crippen LogP) is 2.84. The molecule has 0 fully saturated rings. The van der Waals surface area contributed by atoms with Crippen LogP contribution in [0.25, 0.3) is 0 Å². The van der Waals surface area contributed by atoms with Crippen molar-refractivity contribution in [3.8, 4) is 0 Å². The molecular formula is C14H10BrN5O4. The Morgan fingerprint density at radius 2 is 2.17 bits per heavy atom. The largest absolute Gasteiger partial charge is 0.454 e. The van der Waals surface area contributed by atoms with Gasteiger partial charge in [0.05, 0.1) is 11.5 Å². The topological polar surface area (TPSA) is 116 Å². The first-order valence-corrected chi connectivity index (χ1v) is 7.49. The Morgan fingerprint density at radius 1 is 1.33 bits per heavy atom. The number of amides is 1. The lowest BCUT2D eigenvalue weighted by Gasteiger charge is -2.02. The molecule has 3 rings (SSSR count). The molecule has 1 N–H and O–H groups in total. The molecule has 3 aromatic heterocycles. The average molecular weight is 392 g/mol. The molecule has 0 radical (unpaired) electrons. The molecule has 0 saturated carbocycles. The molecule has 9 nitrogen and oxygen atoms in total. The van der Waals surface area contributed by atoms with Gasteiger partial charge in [-0.2, -0.15) is 5.10 Å². The molecule has 24 heavy (non-hydrogen) atoms. The molecule has 122 valence electrons. The van der Waals surface area contributed by atoms with Crippen LogP contribution in [0.5, 0.6) is 0 Å². The van der Waals surface area contributed by atoms with E-state index in [9.17, 15) is 14.9 Å². The van der Waals surface area contributed by atoms with E-state index < -0.39 is 10.8 Å². The van der Waals surface area contributed by atoms with Crippen molar-refractivity contribution in [3.05, 3.63) is 69.0 Å². The lowest BCUT2D eigenvalue weighted by atomic mass is 10.4. The second-order valence-corrected chi connectivity index (χ2v) is 5.65. The molecule has 1 amide bonds. The van der Waals surface area contributed by atoms with Crippen molar-refractivity contribution in [1.82, 2.24) is 14.8 Å². The van der Waals surface area contributed by atoms with Crippen molar-refractivity contribution in [1.29, 1.82) is 0 Å². The van der Waals surface area contributed by atoms with Gasteiger partial charge in [-0.05, 0) is 40.2 Å². The third-order valence-corrected chi connectivity index (χ3v) is 3.47. The first kappa shape index (κ1) is 15.9. The summed E-state index contributed by atoms with van der Waals surface area (Å²) in [6, 6.07) is 6.52. The molecule has 0 aliphatic heterocycles. The molecule has 0 aliphatic carbocycles. The molecule has 3 heterocycles. The zero-order chi connectivity index (χ0) is 17.1. The summed E-state index contributed by atoms with van der Waals surface area (Å²) in [6.45, 7) is 0.178. The van der Waals surface area contributed by atoms with E-state index in [0.29, 0.717) is 11.6 Å². The van der Waals surface area contributed by atoms with Gasteiger partial charge in [-0.1, -0.05) is 0 Å². The number of carbonyl (C=O) groups excluding carboxylic acids is 1. The molecule has 0 atom stereocenters. The number of rotatable bonds is 5. The molecule has 0 bridgehead atoms. The number of aromatic nitrogens is 3. The van der Waals surface area contributed by atoms with Crippen LogP contribution in [0.4, 0.5) is 11.5 Å². The van der Waals surface area contributed by atoms with E-state index in [0.717, 1.165) is 10.7 Å². The molecular weight excluding hydrogens is 382 g/mol. The predicted molar refractivity (Wildman–Crippen MR) is 86.6 cm³/mol. The third-order valence-electron chi connectivity index (χ3n) is 3.00. The number of anilines is 1. The Bertz CT molecular complexity index is 887. The fourth-order valence-corrected chi connectivity index (χ4v) is 2.14. The van der Waals surface area contributed by atoms with E-state index in [1.807, 2.05) is 0 Å².